The monoisotopic (exact) mass is 448 g/mol. The standard InChI is InChI=1S/C22H20N6O3S/c1-14(29)24-17-5-6-18-19(12-17)32-22(26-18)27-21(31)15-3-2-4-16(11-15)25-20(30)7-9-28-10-8-23-13-28/h2-6,8,10-13H,7,9H2,1H3,(H,24,29)(H,25,30)(H,26,27,31). The lowest BCUT2D eigenvalue weighted by Crippen LogP contribution is -2.15. The molecule has 0 bridgehead atoms. The molecule has 4 rings (SSSR count). The second-order valence-corrected chi connectivity index (χ2v) is 8.05. The lowest BCUT2D eigenvalue weighted by Gasteiger charge is -2.08. The van der Waals surface area contributed by atoms with Gasteiger partial charge in [-0.2, -0.15) is 0 Å². The second kappa shape index (κ2) is 9.40. The first kappa shape index (κ1) is 21.2. The van der Waals surface area contributed by atoms with Crippen LogP contribution in [0.3, 0.4) is 0 Å². The number of thiazole rings is 1. The first-order chi connectivity index (χ1) is 15.5. The quantitative estimate of drug-likeness (QED) is 0.398. The van der Waals surface area contributed by atoms with Crippen molar-refractivity contribution in [1.82, 2.24) is 14.5 Å². The predicted octanol–water partition coefficient (Wildman–Crippen LogP) is 3.73. The molecule has 0 atom stereocenters. The molecule has 3 amide bonds. The minimum Gasteiger partial charge on any atom is -0.337 e. The molecular weight excluding hydrogens is 428 g/mol. The molecule has 0 aliphatic rings. The predicted molar refractivity (Wildman–Crippen MR) is 124 cm³/mol. The fourth-order valence-corrected chi connectivity index (χ4v) is 3.94. The van der Waals surface area contributed by atoms with E-state index < -0.39 is 0 Å². The maximum absolute atomic E-state index is 12.7. The van der Waals surface area contributed by atoms with Gasteiger partial charge in [-0.25, -0.2) is 9.97 Å². The molecule has 9 nitrogen and oxygen atoms in total. The summed E-state index contributed by atoms with van der Waals surface area (Å²) in [5.41, 5.74) is 2.33. The van der Waals surface area contributed by atoms with E-state index in [9.17, 15) is 14.4 Å². The summed E-state index contributed by atoms with van der Waals surface area (Å²) in [6.45, 7) is 1.96. The highest BCUT2D eigenvalue weighted by molar-refractivity contribution is 7.22. The number of nitrogens with zero attached hydrogens (tertiary/aromatic N) is 3. The van der Waals surface area contributed by atoms with Crippen LogP contribution >= 0.6 is 11.3 Å². The van der Waals surface area contributed by atoms with Crippen molar-refractivity contribution in [3.8, 4) is 0 Å². The van der Waals surface area contributed by atoms with Crippen molar-refractivity contribution in [3.05, 3.63) is 66.7 Å². The number of carbonyl (C=O) groups is 3. The molecule has 0 aliphatic carbocycles. The molecule has 2 aromatic heterocycles. The van der Waals surface area contributed by atoms with Gasteiger partial charge >= 0.3 is 0 Å². The van der Waals surface area contributed by atoms with E-state index in [1.807, 2.05) is 10.6 Å². The number of carbonyl (C=O) groups excluding carboxylic acids is 3. The third-order valence-electron chi connectivity index (χ3n) is 4.49. The normalized spacial score (nSPS) is 10.7. The molecule has 0 radical (unpaired) electrons. The number of nitrogens with one attached hydrogen (secondary N) is 3. The summed E-state index contributed by atoms with van der Waals surface area (Å²) in [5.74, 6) is -0.644. The Balaban J connectivity index is 1.40. The van der Waals surface area contributed by atoms with E-state index in [-0.39, 0.29) is 17.7 Å². The minimum absolute atomic E-state index is 0.155. The molecule has 0 saturated heterocycles. The summed E-state index contributed by atoms with van der Waals surface area (Å²) in [6, 6.07) is 12.1. The van der Waals surface area contributed by atoms with Crippen LogP contribution in [0.2, 0.25) is 0 Å². The van der Waals surface area contributed by atoms with Gasteiger partial charge in [0.05, 0.1) is 16.5 Å². The van der Waals surface area contributed by atoms with Crippen molar-refractivity contribution in [2.75, 3.05) is 16.0 Å². The van der Waals surface area contributed by atoms with E-state index in [1.165, 1.54) is 18.3 Å². The largest absolute Gasteiger partial charge is 0.337 e. The molecule has 162 valence electrons. The number of aryl methyl sites for hydroxylation is 1. The molecular formula is C22H20N6O3S. The highest BCUT2D eigenvalue weighted by Crippen LogP contribution is 2.29. The lowest BCUT2D eigenvalue weighted by molar-refractivity contribution is -0.116. The van der Waals surface area contributed by atoms with Crippen molar-refractivity contribution in [1.29, 1.82) is 0 Å². The van der Waals surface area contributed by atoms with Gasteiger partial charge in [-0.3, -0.25) is 19.7 Å². The Morgan fingerprint density at radius 1 is 1.03 bits per heavy atom. The van der Waals surface area contributed by atoms with E-state index in [0.717, 1.165) is 10.2 Å². The van der Waals surface area contributed by atoms with Crippen molar-refractivity contribution >= 4 is 55.8 Å². The van der Waals surface area contributed by atoms with Crippen LogP contribution in [0.25, 0.3) is 10.2 Å². The van der Waals surface area contributed by atoms with Crippen LogP contribution in [-0.2, 0) is 16.1 Å². The zero-order chi connectivity index (χ0) is 22.5. The number of imidazole rings is 1. The first-order valence-corrected chi connectivity index (χ1v) is 10.6. The summed E-state index contributed by atoms with van der Waals surface area (Å²) in [6.07, 6.45) is 5.40. The summed E-state index contributed by atoms with van der Waals surface area (Å²) in [7, 11) is 0. The van der Waals surface area contributed by atoms with E-state index in [1.54, 1.807) is 55.1 Å². The Bertz CT molecular complexity index is 1280. The van der Waals surface area contributed by atoms with Crippen LogP contribution < -0.4 is 16.0 Å². The van der Waals surface area contributed by atoms with Gasteiger partial charge in [0.15, 0.2) is 5.13 Å². The maximum atomic E-state index is 12.7. The van der Waals surface area contributed by atoms with Gasteiger partial charge in [0.2, 0.25) is 11.8 Å². The topological polar surface area (TPSA) is 118 Å². The fourth-order valence-electron chi connectivity index (χ4n) is 3.04. The van der Waals surface area contributed by atoms with Gasteiger partial charge in [0.1, 0.15) is 0 Å². The Labute approximate surface area is 187 Å². The Morgan fingerprint density at radius 2 is 1.88 bits per heavy atom. The Kier molecular flexibility index (Phi) is 6.22. The number of benzene rings is 2. The fraction of sp³-hybridized carbons (Fsp3) is 0.136. The van der Waals surface area contributed by atoms with Gasteiger partial charge < -0.3 is 15.2 Å². The molecule has 4 aromatic rings. The van der Waals surface area contributed by atoms with Crippen LogP contribution in [0.15, 0.2) is 61.2 Å². The van der Waals surface area contributed by atoms with Crippen LogP contribution in [0, 0.1) is 0 Å². The highest BCUT2D eigenvalue weighted by atomic mass is 32.1. The lowest BCUT2D eigenvalue weighted by atomic mass is 10.2. The zero-order valence-electron chi connectivity index (χ0n) is 17.2. The van der Waals surface area contributed by atoms with E-state index in [0.29, 0.717) is 35.0 Å². The number of amides is 3. The van der Waals surface area contributed by atoms with Crippen molar-refractivity contribution in [3.63, 3.8) is 0 Å². The number of rotatable bonds is 7. The number of hydrogen-bond acceptors (Lipinski definition) is 6. The van der Waals surface area contributed by atoms with Crippen molar-refractivity contribution < 1.29 is 14.4 Å². The van der Waals surface area contributed by atoms with Crippen LogP contribution in [-0.4, -0.2) is 32.3 Å². The van der Waals surface area contributed by atoms with Crippen molar-refractivity contribution in [2.45, 2.75) is 19.9 Å². The van der Waals surface area contributed by atoms with E-state index in [4.69, 9.17) is 0 Å². The van der Waals surface area contributed by atoms with Crippen LogP contribution in [0.5, 0.6) is 0 Å². The third-order valence-corrected chi connectivity index (χ3v) is 5.43. The van der Waals surface area contributed by atoms with Crippen LogP contribution in [0.1, 0.15) is 23.7 Å². The average Bonchev–Trinajstić information content (AvgIpc) is 3.41. The summed E-state index contributed by atoms with van der Waals surface area (Å²) in [5, 5.41) is 8.77. The Hall–Kier alpha value is -4.05. The molecule has 0 spiro atoms. The molecule has 0 saturated carbocycles. The van der Waals surface area contributed by atoms with E-state index in [2.05, 4.69) is 25.9 Å². The van der Waals surface area contributed by atoms with Gasteiger partial charge in [0.25, 0.3) is 5.91 Å². The van der Waals surface area contributed by atoms with Gasteiger partial charge in [-0.15, -0.1) is 0 Å². The number of aromatic nitrogens is 3. The SMILES string of the molecule is CC(=O)Nc1ccc2nc(NC(=O)c3cccc(NC(=O)CCn4ccnc4)c3)sc2c1. The molecule has 0 fully saturated rings. The number of hydrogen-bond donors (Lipinski definition) is 3. The molecule has 2 heterocycles. The smallest absolute Gasteiger partial charge is 0.257 e. The van der Waals surface area contributed by atoms with E-state index >= 15 is 0 Å². The molecule has 3 N–H and O–H groups in total. The Morgan fingerprint density at radius 3 is 2.66 bits per heavy atom. The van der Waals surface area contributed by atoms with Crippen molar-refractivity contribution in [2.24, 2.45) is 0 Å². The molecule has 0 aliphatic heterocycles. The van der Waals surface area contributed by atoms with Gasteiger partial charge in [-0.1, -0.05) is 17.4 Å². The first-order valence-electron chi connectivity index (χ1n) is 9.81. The molecule has 32 heavy (non-hydrogen) atoms. The molecule has 2 aromatic carbocycles. The summed E-state index contributed by atoms with van der Waals surface area (Å²) >= 11 is 1.31. The molecule has 0 unspecified atom stereocenters. The number of fused-ring (bicyclic) bond motifs is 1. The summed E-state index contributed by atoms with van der Waals surface area (Å²) < 4.78 is 2.66. The summed E-state index contributed by atoms with van der Waals surface area (Å²) in [4.78, 5) is 44.5. The zero-order valence-corrected chi connectivity index (χ0v) is 18.0. The van der Waals surface area contributed by atoms with Gasteiger partial charge in [-0.05, 0) is 36.4 Å². The highest BCUT2D eigenvalue weighted by Gasteiger charge is 2.12. The molecule has 10 heteroatoms. The minimum atomic E-state index is -0.333. The third kappa shape index (κ3) is 5.35. The van der Waals surface area contributed by atoms with Gasteiger partial charge in [0, 0.05) is 49.2 Å². The maximum Gasteiger partial charge on any atom is 0.257 e. The average molecular weight is 449 g/mol. The van der Waals surface area contributed by atoms with Crippen LogP contribution in [0.4, 0.5) is 16.5 Å². The number of anilines is 3. The second-order valence-electron chi connectivity index (χ2n) is 7.02.